The third-order valence-corrected chi connectivity index (χ3v) is 5.72. The largest absolute Gasteiger partial charge is 0.340 e. The zero-order valence-electron chi connectivity index (χ0n) is 12.9. The van der Waals surface area contributed by atoms with Crippen molar-refractivity contribution < 1.29 is 9.59 Å². The highest BCUT2D eigenvalue weighted by Crippen LogP contribution is 2.45. The van der Waals surface area contributed by atoms with E-state index in [2.05, 4.69) is 12.2 Å². The molecule has 3 aliphatic rings. The Balaban J connectivity index is 1.94. The van der Waals surface area contributed by atoms with Crippen molar-refractivity contribution >= 4 is 11.8 Å². The molecule has 2 aliphatic carbocycles. The fourth-order valence-electron chi connectivity index (χ4n) is 4.16. The van der Waals surface area contributed by atoms with E-state index in [-0.39, 0.29) is 23.4 Å². The Morgan fingerprint density at radius 1 is 1.10 bits per heavy atom. The number of hydrogen-bond donors (Lipinski definition) is 1. The molecule has 3 rings (SSSR count). The van der Waals surface area contributed by atoms with E-state index in [4.69, 9.17) is 0 Å². The van der Waals surface area contributed by atoms with E-state index in [0.29, 0.717) is 5.92 Å². The van der Waals surface area contributed by atoms with Crippen molar-refractivity contribution in [2.45, 2.75) is 82.8 Å². The lowest BCUT2D eigenvalue weighted by atomic mass is 9.78. The van der Waals surface area contributed by atoms with Gasteiger partial charge >= 0.3 is 0 Å². The highest BCUT2D eigenvalue weighted by atomic mass is 16.2. The second-order valence-corrected chi connectivity index (χ2v) is 7.37. The number of amides is 2. The molecule has 0 aromatic carbocycles. The van der Waals surface area contributed by atoms with Gasteiger partial charge in [-0.05, 0) is 52.4 Å². The van der Waals surface area contributed by atoms with E-state index >= 15 is 0 Å². The van der Waals surface area contributed by atoms with E-state index in [1.165, 1.54) is 6.42 Å². The van der Waals surface area contributed by atoms with Crippen molar-refractivity contribution in [3.63, 3.8) is 0 Å². The Morgan fingerprint density at radius 2 is 1.70 bits per heavy atom. The van der Waals surface area contributed by atoms with Gasteiger partial charge in [0.15, 0.2) is 0 Å². The Kier molecular flexibility index (Phi) is 3.11. The fraction of sp³-hybridized carbons (Fsp3) is 0.875. The fourth-order valence-corrected chi connectivity index (χ4v) is 4.16. The monoisotopic (exact) mass is 278 g/mol. The minimum atomic E-state index is -0.663. The third-order valence-electron chi connectivity index (χ3n) is 5.72. The van der Waals surface area contributed by atoms with Gasteiger partial charge in [0, 0.05) is 5.54 Å². The predicted octanol–water partition coefficient (Wildman–Crippen LogP) is 2.22. The van der Waals surface area contributed by atoms with Crippen LogP contribution in [0.25, 0.3) is 0 Å². The smallest absolute Gasteiger partial charge is 0.249 e. The number of piperazine rings is 1. The second kappa shape index (κ2) is 4.47. The molecule has 2 atom stereocenters. The van der Waals surface area contributed by atoms with Gasteiger partial charge in [-0.1, -0.05) is 19.3 Å². The second-order valence-electron chi connectivity index (χ2n) is 7.37. The number of carbonyl (C=O) groups excluding carboxylic acids is 2. The summed E-state index contributed by atoms with van der Waals surface area (Å²) in [6, 6.07) is -0.336. The molecule has 4 heteroatoms. The Bertz CT molecular complexity index is 438. The Hall–Kier alpha value is -1.06. The molecule has 1 heterocycles. The molecule has 0 radical (unpaired) electrons. The molecule has 20 heavy (non-hydrogen) atoms. The summed E-state index contributed by atoms with van der Waals surface area (Å²) < 4.78 is 0. The minimum absolute atomic E-state index is 0.0193. The summed E-state index contributed by atoms with van der Waals surface area (Å²) in [4.78, 5) is 27.4. The number of nitrogens with zero attached hydrogens (tertiary/aromatic N) is 1. The molecule has 0 bridgehead atoms. The molecular formula is C16H26N2O2. The van der Waals surface area contributed by atoms with Crippen molar-refractivity contribution in [1.29, 1.82) is 0 Å². The van der Waals surface area contributed by atoms with Crippen LogP contribution in [0.4, 0.5) is 0 Å². The van der Waals surface area contributed by atoms with E-state index < -0.39 is 5.54 Å². The van der Waals surface area contributed by atoms with E-state index in [1.54, 1.807) is 0 Å². The minimum Gasteiger partial charge on any atom is -0.340 e. The summed E-state index contributed by atoms with van der Waals surface area (Å²) in [5.74, 6) is 0.503. The maximum Gasteiger partial charge on any atom is 0.249 e. The molecule has 3 fully saturated rings. The quantitative estimate of drug-likeness (QED) is 0.842. The van der Waals surface area contributed by atoms with Crippen LogP contribution in [0.3, 0.4) is 0 Å². The molecule has 0 aromatic heterocycles. The highest BCUT2D eigenvalue weighted by Gasteiger charge is 2.57. The van der Waals surface area contributed by atoms with Crippen LogP contribution >= 0.6 is 0 Å². The highest BCUT2D eigenvalue weighted by molar-refractivity contribution is 6.00. The van der Waals surface area contributed by atoms with Crippen molar-refractivity contribution in [2.75, 3.05) is 0 Å². The summed E-state index contributed by atoms with van der Waals surface area (Å²) >= 11 is 0. The summed E-state index contributed by atoms with van der Waals surface area (Å²) in [5.41, 5.74) is -0.799. The first kappa shape index (κ1) is 13.9. The van der Waals surface area contributed by atoms with Crippen LogP contribution < -0.4 is 5.32 Å². The van der Waals surface area contributed by atoms with Crippen molar-refractivity contribution in [3.8, 4) is 0 Å². The molecule has 1 N–H and O–H groups in total. The molecule has 1 saturated heterocycles. The van der Waals surface area contributed by atoms with Crippen LogP contribution in [-0.4, -0.2) is 33.8 Å². The summed E-state index contributed by atoms with van der Waals surface area (Å²) in [7, 11) is 0. The van der Waals surface area contributed by atoms with Crippen LogP contribution in [0, 0.1) is 5.92 Å². The number of carbonyl (C=O) groups is 2. The zero-order valence-corrected chi connectivity index (χ0v) is 12.9. The average Bonchev–Trinajstić information content (AvgIpc) is 3.22. The number of rotatable bonds is 2. The van der Waals surface area contributed by atoms with Gasteiger partial charge in [-0.25, -0.2) is 0 Å². The lowest BCUT2D eigenvalue weighted by Crippen LogP contribution is -2.73. The molecule has 2 unspecified atom stereocenters. The van der Waals surface area contributed by atoms with Crippen molar-refractivity contribution in [1.82, 2.24) is 10.2 Å². The molecule has 4 nitrogen and oxygen atoms in total. The van der Waals surface area contributed by atoms with Gasteiger partial charge in [0.2, 0.25) is 11.8 Å². The first-order chi connectivity index (χ1) is 9.38. The Labute approximate surface area is 121 Å². The summed E-state index contributed by atoms with van der Waals surface area (Å²) in [5, 5.41) is 3.01. The van der Waals surface area contributed by atoms with Crippen molar-refractivity contribution in [2.24, 2.45) is 5.92 Å². The normalized spacial score (nSPS) is 37.8. The van der Waals surface area contributed by atoms with Crippen LogP contribution in [0.2, 0.25) is 0 Å². The van der Waals surface area contributed by atoms with E-state index in [0.717, 1.165) is 38.5 Å². The first-order valence-electron chi connectivity index (χ1n) is 8.04. The van der Waals surface area contributed by atoms with E-state index in [9.17, 15) is 9.59 Å². The lowest BCUT2D eigenvalue weighted by molar-refractivity contribution is -0.163. The van der Waals surface area contributed by atoms with Crippen LogP contribution in [-0.2, 0) is 9.59 Å². The summed E-state index contributed by atoms with van der Waals surface area (Å²) in [6.45, 7) is 5.97. The average molecular weight is 278 g/mol. The molecule has 2 saturated carbocycles. The van der Waals surface area contributed by atoms with Gasteiger partial charge in [0.25, 0.3) is 0 Å². The lowest BCUT2D eigenvalue weighted by Gasteiger charge is -2.53. The number of hydrogen-bond acceptors (Lipinski definition) is 2. The third kappa shape index (κ3) is 1.95. The van der Waals surface area contributed by atoms with Gasteiger partial charge in [0.1, 0.15) is 11.6 Å². The SMILES string of the molecule is CC1C(=O)NC(C)(C2CC2)C(=O)N1C1(C)CCCCC1. The van der Waals surface area contributed by atoms with Gasteiger partial charge in [-0.15, -0.1) is 0 Å². The van der Waals surface area contributed by atoms with Crippen LogP contribution in [0.15, 0.2) is 0 Å². The summed E-state index contributed by atoms with van der Waals surface area (Å²) in [6.07, 6.45) is 7.73. The molecular weight excluding hydrogens is 252 g/mol. The predicted molar refractivity (Wildman–Crippen MR) is 77.1 cm³/mol. The molecule has 2 amide bonds. The van der Waals surface area contributed by atoms with E-state index in [1.807, 2.05) is 18.7 Å². The van der Waals surface area contributed by atoms with Crippen LogP contribution in [0.1, 0.15) is 65.7 Å². The van der Waals surface area contributed by atoms with Gasteiger partial charge in [0.05, 0.1) is 0 Å². The molecule has 0 aromatic rings. The van der Waals surface area contributed by atoms with Gasteiger partial charge in [-0.3, -0.25) is 9.59 Å². The van der Waals surface area contributed by atoms with Crippen LogP contribution in [0.5, 0.6) is 0 Å². The molecule has 112 valence electrons. The molecule has 1 aliphatic heterocycles. The Morgan fingerprint density at radius 3 is 2.25 bits per heavy atom. The molecule has 0 spiro atoms. The van der Waals surface area contributed by atoms with Gasteiger partial charge in [-0.2, -0.15) is 0 Å². The number of nitrogens with one attached hydrogen (secondary N) is 1. The maximum atomic E-state index is 13.1. The topological polar surface area (TPSA) is 49.4 Å². The first-order valence-corrected chi connectivity index (χ1v) is 8.04. The van der Waals surface area contributed by atoms with Gasteiger partial charge < -0.3 is 10.2 Å². The standard InChI is InChI=1S/C16H26N2O2/c1-11-13(19)17-16(3,12-7-8-12)14(20)18(11)15(2)9-5-4-6-10-15/h11-12H,4-10H2,1-3H3,(H,17,19). The zero-order chi connectivity index (χ0) is 14.5. The maximum absolute atomic E-state index is 13.1. The van der Waals surface area contributed by atoms with Crippen molar-refractivity contribution in [3.05, 3.63) is 0 Å².